The molecular weight excluding hydrogens is 489 g/mol. The van der Waals surface area contributed by atoms with Crippen molar-refractivity contribution in [3.05, 3.63) is 74.3 Å². The molecule has 1 aromatic carbocycles. The second-order valence-electron chi connectivity index (χ2n) is 10.4. The van der Waals surface area contributed by atoms with Gasteiger partial charge in [0.15, 0.2) is 5.60 Å². The highest BCUT2D eigenvalue weighted by Gasteiger charge is 2.46. The number of aliphatic hydroxyl groups is 1. The average molecular weight is 518 g/mol. The zero-order chi connectivity index (χ0) is 27.1. The molecule has 0 unspecified atom stereocenters. The van der Waals surface area contributed by atoms with E-state index < -0.39 is 11.6 Å². The normalized spacial score (nSPS) is 21.8. The summed E-state index contributed by atoms with van der Waals surface area (Å²) in [6, 6.07) is 2.70. The molecule has 196 valence electrons. The molecule has 3 aromatic rings. The van der Waals surface area contributed by atoms with Crippen LogP contribution in [0.15, 0.2) is 29.6 Å². The Kier molecular flexibility index (Phi) is 5.36. The number of nitrogens with zero attached hydrogens (tertiary/aromatic N) is 2. The number of carbonyl (C=O) groups excluding carboxylic acids is 2. The van der Waals surface area contributed by atoms with Crippen LogP contribution in [0.25, 0.3) is 22.3 Å². The first-order chi connectivity index (χ1) is 18.1. The van der Waals surface area contributed by atoms with Crippen LogP contribution in [0.4, 0.5) is 4.39 Å². The van der Waals surface area contributed by atoms with Crippen molar-refractivity contribution in [2.45, 2.75) is 70.7 Å². The van der Waals surface area contributed by atoms with Gasteiger partial charge >= 0.3 is 5.97 Å². The van der Waals surface area contributed by atoms with Crippen LogP contribution < -0.4 is 10.9 Å². The van der Waals surface area contributed by atoms with Crippen molar-refractivity contribution in [3.63, 3.8) is 0 Å². The number of fused-ring (bicyclic) bond motifs is 5. The fourth-order valence-electron chi connectivity index (χ4n) is 6.51. The zero-order valence-corrected chi connectivity index (χ0v) is 21.5. The van der Waals surface area contributed by atoms with Gasteiger partial charge in [-0.1, -0.05) is 13.0 Å². The molecule has 3 atom stereocenters. The lowest BCUT2D eigenvalue weighted by molar-refractivity contribution is -0.172. The molecule has 0 bridgehead atoms. The van der Waals surface area contributed by atoms with Crippen molar-refractivity contribution in [2.75, 3.05) is 0 Å². The molecule has 0 radical (unpaired) electrons. The van der Waals surface area contributed by atoms with E-state index in [4.69, 9.17) is 9.72 Å². The fourth-order valence-corrected chi connectivity index (χ4v) is 6.51. The predicted molar refractivity (Wildman–Crippen MR) is 138 cm³/mol. The van der Waals surface area contributed by atoms with E-state index in [1.165, 1.54) is 13.0 Å². The Morgan fingerprint density at radius 2 is 2.13 bits per heavy atom. The van der Waals surface area contributed by atoms with E-state index in [1.807, 2.05) is 0 Å². The Balaban J connectivity index is 1.67. The molecule has 2 aromatic heterocycles. The van der Waals surface area contributed by atoms with Crippen molar-refractivity contribution in [1.82, 2.24) is 14.9 Å². The van der Waals surface area contributed by atoms with Gasteiger partial charge in [0.1, 0.15) is 12.4 Å². The Morgan fingerprint density at radius 1 is 1.37 bits per heavy atom. The van der Waals surface area contributed by atoms with Crippen molar-refractivity contribution in [2.24, 2.45) is 0 Å². The Labute approximate surface area is 218 Å². The summed E-state index contributed by atoms with van der Waals surface area (Å²) in [5.41, 5.74) is 2.81. The van der Waals surface area contributed by atoms with Gasteiger partial charge in [-0.2, -0.15) is 0 Å². The number of rotatable bonds is 4. The first-order valence-electron chi connectivity index (χ1n) is 12.8. The maximum atomic E-state index is 15.0. The van der Waals surface area contributed by atoms with E-state index in [2.05, 4.69) is 11.9 Å². The monoisotopic (exact) mass is 517 g/mol. The number of cyclic esters (lactones) is 1. The molecule has 8 nitrogen and oxygen atoms in total. The number of carbonyl (C=O) groups is 2. The second-order valence-corrected chi connectivity index (χ2v) is 10.4. The molecule has 3 aliphatic rings. The van der Waals surface area contributed by atoms with Gasteiger partial charge in [0.25, 0.3) is 5.56 Å². The first-order valence-corrected chi connectivity index (χ1v) is 12.8. The number of halogens is 1. The van der Waals surface area contributed by atoms with Gasteiger partial charge in [-0.25, -0.2) is 14.2 Å². The smallest absolute Gasteiger partial charge is 0.343 e. The number of aromatic nitrogens is 2. The number of nitrogens with one attached hydrogen (secondary N) is 1. The molecule has 4 heterocycles. The zero-order valence-electron chi connectivity index (χ0n) is 21.5. The minimum Gasteiger partial charge on any atom is -0.458 e. The fraction of sp³-hybridized carbons (Fsp3) is 0.379. The third-order valence-electron chi connectivity index (χ3n) is 8.48. The van der Waals surface area contributed by atoms with Gasteiger partial charge in [-0.15, -0.1) is 6.58 Å². The van der Waals surface area contributed by atoms with E-state index >= 15 is 4.39 Å². The van der Waals surface area contributed by atoms with Crippen LogP contribution in [0.3, 0.4) is 0 Å². The predicted octanol–water partition coefficient (Wildman–Crippen LogP) is 3.25. The Bertz CT molecular complexity index is 1660. The molecule has 1 aliphatic carbocycles. The van der Waals surface area contributed by atoms with Crippen molar-refractivity contribution in [3.8, 4) is 11.4 Å². The van der Waals surface area contributed by atoms with Crippen LogP contribution in [0.5, 0.6) is 0 Å². The van der Waals surface area contributed by atoms with Crippen LogP contribution in [-0.4, -0.2) is 32.6 Å². The molecule has 2 aliphatic heterocycles. The van der Waals surface area contributed by atoms with Gasteiger partial charge in [0.05, 0.1) is 35.1 Å². The van der Waals surface area contributed by atoms with E-state index in [9.17, 15) is 19.5 Å². The summed E-state index contributed by atoms with van der Waals surface area (Å²) in [6.45, 7) is 8.83. The minimum atomic E-state index is -1.94. The number of esters is 1. The summed E-state index contributed by atoms with van der Waals surface area (Å²) in [6.07, 6.45) is 3.02. The lowest BCUT2D eigenvalue weighted by Gasteiger charge is -2.33. The molecule has 9 heteroatoms. The molecular formula is C29H28FN3O5. The van der Waals surface area contributed by atoms with Crippen molar-refractivity contribution >= 4 is 22.8 Å². The molecule has 1 amide bonds. The molecule has 0 spiro atoms. The maximum Gasteiger partial charge on any atom is 0.343 e. The first kappa shape index (κ1) is 24.5. The highest BCUT2D eigenvalue weighted by Crippen LogP contribution is 2.47. The summed E-state index contributed by atoms with van der Waals surface area (Å²) >= 11 is 0. The number of hydrogen-bond acceptors (Lipinski definition) is 6. The molecule has 0 saturated heterocycles. The SMILES string of the molecule is C=C[C@H](NC(C)=O)[C@H]1CCc2c(C)c(F)cc3nc4c(c1c23)Cn1c-4cc2c(c1=O)COC(=O)[C@]2(O)CC. The van der Waals surface area contributed by atoms with Gasteiger partial charge in [0, 0.05) is 35.4 Å². The van der Waals surface area contributed by atoms with Crippen LogP contribution >= 0.6 is 0 Å². The summed E-state index contributed by atoms with van der Waals surface area (Å²) in [5.74, 6) is -1.49. The summed E-state index contributed by atoms with van der Waals surface area (Å²) in [7, 11) is 0. The molecule has 2 N–H and O–H groups in total. The molecule has 6 rings (SSSR count). The molecule has 0 fully saturated rings. The van der Waals surface area contributed by atoms with Gasteiger partial charge in [-0.3, -0.25) is 9.59 Å². The quantitative estimate of drug-likeness (QED) is 0.318. The highest BCUT2D eigenvalue weighted by molar-refractivity contribution is 5.93. The van der Waals surface area contributed by atoms with Crippen LogP contribution in [-0.2, 0) is 39.5 Å². The minimum absolute atomic E-state index is 0.0403. The average Bonchev–Trinajstić information content (AvgIpc) is 3.27. The second kappa shape index (κ2) is 8.33. The lowest BCUT2D eigenvalue weighted by Crippen LogP contribution is -2.44. The number of hydrogen-bond donors (Lipinski definition) is 2. The van der Waals surface area contributed by atoms with E-state index in [0.29, 0.717) is 35.3 Å². The number of pyridine rings is 2. The van der Waals surface area contributed by atoms with Crippen LogP contribution in [0, 0.1) is 12.7 Å². The van der Waals surface area contributed by atoms with Crippen molar-refractivity contribution in [1.29, 1.82) is 0 Å². The largest absolute Gasteiger partial charge is 0.458 e. The van der Waals surface area contributed by atoms with Gasteiger partial charge in [0.2, 0.25) is 5.91 Å². The number of ether oxygens (including phenoxy) is 1. The third kappa shape index (κ3) is 3.17. The van der Waals surface area contributed by atoms with E-state index in [-0.39, 0.29) is 59.9 Å². The van der Waals surface area contributed by atoms with Crippen LogP contribution in [0.2, 0.25) is 0 Å². The number of benzene rings is 1. The standard InChI is InChI=1S/C29H28FN3O5/c1-5-21(31-14(4)34)16-8-7-15-13(3)20(30)10-22-25(15)24(16)17-11-33-23(26(17)32-22)9-19-18(27(33)35)12-38-28(36)29(19,37)6-2/h5,9-10,16,21,37H,1,6-8,11-12H2,2-4H3,(H,31,34)/t16-,21+,29+/m1/s1. The maximum absolute atomic E-state index is 15.0. The Hall–Kier alpha value is -3.85. The van der Waals surface area contributed by atoms with Crippen LogP contribution in [0.1, 0.15) is 66.0 Å². The topological polar surface area (TPSA) is 111 Å². The summed E-state index contributed by atoms with van der Waals surface area (Å²) in [4.78, 5) is 43.1. The number of aryl methyl sites for hydroxylation is 1. The third-order valence-corrected chi connectivity index (χ3v) is 8.48. The van der Waals surface area contributed by atoms with Gasteiger partial charge < -0.3 is 19.7 Å². The summed E-state index contributed by atoms with van der Waals surface area (Å²) < 4.78 is 21.8. The molecule has 38 heavy (non-hydrogen) atoms. The summed E-state index contributed by atoms with van der Waals surface area (Å²) in [5, 5.41) is 15.0. The lowest BCUT2D eigenvalue weighted by atomic mass is 9.75. The highest BCUT2D eigenvalue weighted by atomic mass is 19.1. The van der Waals surface area contributed by atoms with E-state index in [1.54, 1.807) is 30.6 Å². The van der Waals surface area contributed by atoms with E-state index in [0.717, 1.165) is 22.1 Å². The number of amides is 1. The van der Waals surface area contributed by atoms with Crippen molar-refractivity contribution < 1.29 is 23.8 Å². The van der Waals surface area contributed by atoms with Gasteiger partial charge in [-0.05, 0) is 48.9 Å². The molecule has 0 saturated carbocycles. The Morgan fingerprint density at radius 3 is 2.82 bits per heavy atom.